The maximum atomic E-state index is 12.9. The van der Waals surface area contributed by atoms with Crippen molar-refractivity contribution in [3.05, 3.63) is 29.3 Å². The molecule has 2 nitrogen and oxygen atoms in total. The topological polar surface area (TPSA) is 35.2 Å². The molecule has 1 aliphatic rings. The van der Waals surface area contributed by atoms with Gasteiger partial charge in [0, 0.05) is 17.0 Å². The van der Waals surface area contributed by atoms with Gasteiger partial charge in [0.1, 0.15) is 5.75 Å². The highest BCUT2D eigenvalue weighted by molar-refractivity contribution is 5.50. The highest BCUT2D eigenvalue weighted by Gasteiger charge is 2.50. The Balaban J connectivity index is 2.56. The summed E-state index contributed by atoms with van der Waals surface area (Å²) >= 11 is 0. The van der Waals surface area contributed by atoms with Gasteiger partial charge >= 0.3 is 6.18 Å². The molecule has 0 spiro atoms. The molecule has 0 amide bonds. The standard InChI is InChI=1S/C13H16F3NO/c1-8(17)12(6-7-12)9-4-3-5-10(11(9)18-2)13(14,15)16/h3-5,8H,6-7,17H2,1-2H3. The Morgan fingerprint density at radius 1 is 1.33 bits per heavy atom. The van der Waals surface area contributed by atoms with Crippen molar-refractivity contribution in [2.45, 2.75) is 37.4 Å². The molecule has 1 aromatic carbocycles. The largest absolute Gasteiger partial charge is 0.496 e. The molecule has 1 aromatic rings. The van der Waals surface area contributed by atoms with Crippen molar-refractivity contribution >= 4 is 0 Å². The first-order valence-corrected chi connectivity index (χ1v) is 5.83. The van der Waals surface area contributed by atoms with Gasteiger partial charge in [-0.1, -0.05) is 12.1 Å². The zero-order valence-electron chi connectivity index (χ0n) is 10.3. The highest BCUT2D eigenvalue weighted by Crippen LogP contribution is 2.55. The van der Waals surface area contributed by atoms with Crippen LogP contribution in [0.15, 0.2) is 18.2 Å². The fourth-order valence-corrected chi connectivity index (χ4v) is 2.48. The zero-order chi connectivity index (χ0) is 13.6. The quantitative estimate of drug-likeness (QED) is 0.905. The number of hydrogen-bond acceptors (Lipinski definition) is 2. The number of halogens is 3. The summed E-state index contributed by atoms with van der Waals surface area (Å²) in [7, 11) is 1.27. The van der Waals surface area contributed by atoms with Gasteiger partial charge in [0.15, 0.2) is 0 Å². The molecule has 0 aliphatic heterocycles. The van der Waals surface area contributed by atoms with E-state index in [1.165, 1.54) is 13.2 Å². The fraction of sp³-hybridized carbons (Fsp3) is 0.538. The third-order valence-corrected chi connectivity index (χ3v) is 3.72. The van der Waals surface area contributed by atoms with Crippen LogP contribution in [0.25, 0.3) is 0 Å². The molecule has 100 valence electrons. The molecule has 0 radical (unpaired) electrons. The molecule has 2 N–H and O–H groups in total. The number of ether oxygens (including phenoxy) is 1. The molecule has 1 atom stereocenters. The van der Waals surface area contributed by atoms with Gasteiger partial charge in [-0.05, 0) is 25.8 Å². The number of methoxy groups -OCH3 is 1. The van der Waals surface area contributed by atoms with Crippen molar-refractivity contribution in [3.8, 4) is 5.75 Å². The second-order valence-corrected chi connectivity index (χ2v) is 4.83. The first kappa shape index (κ1) is 13.2. The first-order chi connectivity index (χ1) is 8.33. The number of benzene rings is 1. The summed E-state index contributed by atoms with van der Waals surface area (Å²) in [6.07, 6.45) is -2.79. The minimum Gasteiger partial charge on any atom is -0.496 e. The van der Waals surface area contributed by atoms with E-state index in [1.807, 2.05) is 6.92 Å². The van der Waals surface area contributed by atoms with Gasteiger partial charge in [0.05, 0.1) is 12.7 Å². The summed E-state index contributed by atoms with van der Waals surface area (Å²) in [6.45, 7) is 1.83. The summed E-state index contributed by atoms with van der Waals surface area (Å²) in [5.74, 6) is -0.0835. The van der Waals surface area contributed by atoms with Gasteiger partial charge in [0.2, 0.25) is 0 Å². The summed E-state index contributed by atoms with van der Waals surface area (Å²) < 4.78 is 43.7. The Kier molecular flexibility index (Phi) is 3.05. The van der Waals surface area contributed by atoms with Gasteiger partial charge in [-0.15, -0.1) is 0 Å². The second kappa shape index (κ2) is 4.16. The Bertz CT molecular complexity index is 450. The third-order valence-electron chi connectivity index (χ3n) is 3.72. The molecule has 5 heteroatoms. The normalized spacial score (nSPS) is 19.4. The maximum Gasteiger partial charge on any atom is 0.419 e. The third kappa shape index (κ3) is 1.96. The van der Waals surface area contributed by atoms with E-state index in [-0.39, 0.29) is 17.2 Å². The van der Waals surface area contributed by atoms with E-state index in [0.717, 1.165) is 18.9 Å². The van der Waals surface area contributed by atoms with Crippen LogP contribution in [0, 0.1) is 0 Å². The van der Waals surface area contributed by atoms with Crippen LogP contribution in [0.4, 0.5) is 13.2 Å². The molecular formula is C13H16F3NO. The predicted octanol–water partition coefficient (Wildman–Crippen LogP) is 3.09. The molecule has 18 heavy (non-hydrogen) atoms. The molecular weight excluding hydrogens is 243 g/mol. The van der Waals surface area contributed by atoms with Gasteiger partial charge in [-0.2, -0.15) is 13.2 Å². The maximum absolute atomic E-state index is 12.9. The minimum absolute atomic E-state index is 0.0835. The van der Waals surface area contributed by atoms with Crippen molar-refractivity contribution in [1.29, 1.82) is 0 Å². The van der Waals surface area contributed by atoms with E-state index in [4.69, 9.17) is 10.5 Å². The average Bonchev–Trinajstić information content (AvgIpc) is 3.07. The Hall–Kier alpha value is -1.23. The van der Waals surface area contributed by atoms with Gasteiger partial charge < -0.3 is 10.5 Å². The van der Waals surface area contributed by atoms with Crippen molar-refractivity contribution < 1.29 is 17.9 Å². The number of rotatable bonds is 3. The monoisotopic (exact) mass is 259 g/mol. The van der Waals surface area contributed by atoms with Gasteiger partial charge in [0.25, 0.3) is 0 Å². The van der Waals surface area contributed by atoms with Crippen molar-refractivity contribution in [3.63, 3.8) is 0 Å². The average molecular weight is 259 g/mol. The van der Waals surface area contributed by atoms with Crippen LogP contribution in [-0.2, 0) is 11.6 Å². The number of nitrogens with two attached hydrogens (primary N) is 1. The van der Waals surface area contributed by atoms with E-state index < -0.39 is 11.7 Å². The van der Waals surface area contributed by atoms with Crippen LogP contribution in [0.2, 0.25) is 0 Å². The second-order valence-electron chi connectivity index (χ2n) is 4.83. The van der Waals surface area contributed by atoms with Crippen molar-refractivity contribution in [1.82, 2.24) is 0 Å². The molecule has 1 unspecified atom stereocenters. The molecule has 1 fully saturated rings. The lowest BCUT2D eigenvalue weighted by atomic mass is 9.87. The molecule has 2 rings (SSSR count). The van der Waals surface area contributed by atoms with Crippen LogP contribution >= 0.6 is 0 Å². The Morgan fingerprint density at radius 3 is 2.33 bits per heavy atom. The van der Waals surface area contributed by atoms with Gasteiger partial charge in [-0.3, -0.25) is 0 Å². The lowest BCUT2D eigenvalue weighted by molar-refractivity contribution is -0.138. The number of hydrogen-bond donors (Lipinski definition) is 1. The molecule has 0 aromatic heterocycles. The fourth-order valence-electron chi connectivity index (χ4n) is 2.48. The van der Waals surface area contributed by atoms with Crippen LogP contribution < -0.4 is 10.5 Å². The minimum atomic E-state index is -4.41. The molecule has 1 aliphatic carbocycles. The van der Waals surface area contributed by atoms with Crippen LogP contribution in [0.3, 0.4) is 0 Å². The van der Waals surface area contributed by atoms with Crippen LogP contribution in [0.1, 0.15) is 30.9 Å². The number of alkyl halides is 3. The smallest absolute Gasteiger partial charge is 0.419 e. The zero-order valence-corrected chi connectivity index (χ0v) is 10.3. The lowest BCUT2D eigenvalue weighted by Crippen LogP contribution is -2.32. The molecule has 0 bridgehead atoms. The first-order valence-electron chi connectivity index (χ1n) is 5.83. The van der Waals surface area contributed by atoms with E-state index in [1.54, 1.807) is 6.07 Å². The highest BCUT2D eigenvalue weighted by atomic mass is 19.4. The SMILES string of the molecule is COc1c(C(F)(F)F)cccc1C1(C(C)N)CC1. The summed E-state index contributed by atoms with van der Waals surface area (Å²) in [4.78, 5) is 0. The molecule has 0 saturated heterocycles. The van der Waals surface area contributed by atoms with Crippen molar-refractivity contribution in [2.75, 3.05) is 7.11 Å². The summed E-state index contributed by atoms with van der Waals surface area (Å²) in [6, 6.07) is 3.96. The molecule has 1 saturated carbocycles. The van der Waals surface area contributed by atoms with Crippen LogP contribution in [-0.4, -0.2) is 13.2 Å². The van der Waals surface area contributed by atoms with E-state index in [9.17, 15) is 13.2 Å². The van der Waals surface area contributed by atoms with Crippen molar-refractivity contribution in [2.24, 2.45) is 5.73 Å². The Morgan fingerprint density at radius 2 is 1.94 bits per heavy atom. The lowest BCUT2D eigenvalue weighted by Gasteiger charge is -2.24. The predicted molar refractivity (Wildman–Crippen MR) is 62.6 cm³/mol. The Labute approximate surface area is 104 Å². The molecule has 0 heterocycles. The summed E-state index contributed by atoms with van der Waals surface area (Å²) in [5, 5.41) is 0. The van der Waals surface area contributed by atoms with E-state index >= 15 is 0 Å². The van der Waals surface area contributed by atoms with E-state index in [2.05, 4.69) is 0 Å². The van der Waals surface area contributed by atoms with E-state index in [0.29, 0.717) is 5.56 Å². The van der Waals surface area contributed by atoms with Crippen LogP contribution in [0.5, 0.6) is 5.75 Å². The number of para-hydroxylation sites is 1. The summed E-state index contributed by atoms with van der Waals surface area (Å²) in [5.41, 5.74) is 5.41. The van der Waals surface area contributed by atoms with Gasteiger partial charge in [-0.25, -0.2) is 0 Å².